The lowest BCUT2D eigenvalue weighted by atomic mass is 9.96. The van der Waals surface area contributed by atoms with Crippen LogP contribution in [0.3, 0.4) is 0 Å². The van der Waals surface area contributed by atoms with E-state index in [1.54, 1.807) is 6.92 Å². The van der Waals surface area contributed by atoms with Crippen molar-refractivity contribution in [2.45, 2.75) is 87.9 Å². The fourth-order valence-electron chi connectivity index (χ4n) is 4.72. The first-order valence-corrected chi connectivity index (χ1v) is 21.8. The van der Waals surface area contributed by atoms with E-state index in [2.05, 4.69) is 13.1 Å². The second-order valence-electron chi connectivity index (χ2n) is 10.9. The number of aliphatic hydroxyl groups is 1. The molecular weight excluding hydrogens is 749 g/mol. The van der Waals surface area contributed by atoms with Crippen molar-refractivity contribution >= 4 is 46.7 Å². The Balaban J connectivity index is 1.54. The molecule has 3 fully saturated rings. The molecule has 21 nitrogen and oxygen atoms in total. The summed E-state index contributed by atoms with van der Waals surface area (Å²) in [5, 5.41) is 9.93. The molecule has 276 valence electrons. The number of aliphatic hydroxyl groups excluding tert-OH is 1. The topological polar surface area (TPSA) is 299 Å². The second kappa shape index (κ2) is 16.9. The van der Waals surface area contributed by atoms with E-state index < -0.39 is 120 Å². The minimum absolute atomic E-state index is 0.0802. The van der Waals surface area contributed by atoms with Gasteiger partial charge in [0.2, 0.25) is 0 Å². The van der Waals surface area contributed by atoms with Crippen molar-refractivity contribution in [1.29, 1.82) is 0 Å². The van der Waals surface area contributed by atoms with E-state index in [9.17, 15) is 56.8 Å². The predicted octanol–water partition coefficient (Wildman–Crippen LogP) is 0.860. The summed E-state index contributed by atoms with van der Waals surface area (Å²) in [6, 6.07) is -0.663. The van der Waals surface area contributed by atoms with Gasteiger partial charge in [-0.15, -0.1) is 0 Å². The van der Waals surface area contributed by atoms with Gasteiger partial charge in [-0.3, -0.25) is 27.2 Å². The SMILES string of the molecule is B[C@H]1C[C@H](OP(=O)(O)OC[C@H]2O[C@@H](CF)C[C@@H]2OP(=O)(O)OC[C@H]2O[C@@H](C)C[C@@H]2O)[C@@H](COP(=O)(O)OP(=O)(O)OP(=O)(O)CC)O1. The van der Waals surface area contributed by atoms with Crippen molar-refractivity contribution < 1.29 is 102 Å². The average Bonchev–Trinajstić information content (AvgIpc) is 3.58. The van der Waals surface area contributed by atoms with Crippen LogP contribution in [0.4, 0.5) is 4.39 Å². The number of phosphoric ester groups is 3. The van der Waals surface area contributed by atoms with E-state index in [0.29, 0.717) is 0 Å². The second-order valence-corrected chi connectivity index (χ2v) is 19.0. The fraction of sp³-hybridized carbons (Fsp3) is 1.00. The molecule has 6 N–H and O–H groups in total. The number of ether oxygens (including phenoxy) is 3. The summed E-state index contributed by atoms with van der Waals surface area (Å²) in [6.45, 7) is -0.427. The van der Waals surface area contributed by atoms with E-state index >= 15 is 0 Å². The fourth-order valence-corrected chi connectivity index (χ4v) is 10.3. The van der Waals surface area contributed by atoms with Crippen LogP contribution >= 0.6 is 38.9 Å². The first kappa shape index (κ1) is 41.9. The van der Waals surface area contributed by atoms with Crippen molar-refractivity contribution in [3.8, 4) is 0 Å². The lowest BCUT2D eigenvalue weighted by molar-refractivity contribution is -0.0435. The molecule has 0 aromatic rings. The van der Waals surface area contributed by atoms with Gasteiger partial charge in [-0.25, -0.2) is 27.0 Å². The Bertz CT molecular complexity index is 1290. The third kappa shape index (κ3) is 13.9. The minimum atomic E-state index is -5.56. The van der Waals surface area contributed by atoms with Gasteiger partial charge in [-0.1, -0.05) is 6.92 Å². The summed E-state index contributed by atoms with van der Waals surface area (Å²) in [7, 11) is -24.0. The van der Waals surface area contributed by atoms with Crippen molar-refractivity contribution in [1.82, 2.24) is 0 Å². The van der Waals surface area contributed by atoms with E-state index in [4.69, 9.17) is 32.3 Å². The molecule has 3 saturated heterocycles. The highest BCUT2D eigenvalue weighted by Gasteiger charge is 2.46. The van der Waals surface area contributed by atoms with E-state index in [1.165, 1.54) is 7.85 Å². The normalized spacial score (nSPS) is 37.9. The number of hydrogen-bond acceptors (Lipinski definition) is 16. The first-order chi connectivity index (χ1) is 21.5. The molecule has 5 unspecified atom stereocenters. The molecule has 0 saturated carbocycles. The van der Waals surface area contributed by atoms with Crippen LogP contribution in [0.15, 0.2) is 0 Å². The van der Waals surface area contributed by atoms with Gasteiger partial charge in [-0.2, -0.15) is 4.31 Å². The number of rotatable bonds is 19. The van der Waals surface area contributed by atoms with Crippen LogP contribution in [-0.2, 0) is 68.3 Å². The Hall–Kier alpha value is 0.505. The Kier molecular flexibility index (Phi) is 15.1. The van der Waals surface area contributed by atoms with E-state index in [-0.39, 0.29) is 25.4 Å². The summed E-state index contributed by atoms with van der Waals surface area (Å²) in [4.78, 5) is 49.2. The molecule has 0 aromatic heterocycles. The average molecular weight is 788 g/mol. The van der Waals surface area contributed by atoms with Gasteiger partial charge in [0.1, 0.15) is 38.9 Å². The molecule has 3 rings (SSSR count). The molecule has 0 amide bonds. The molecule has 0 radical (unpaired) electrons. The molecule has 47 heavy (non-hydrogen) atoms. The molecule has 0 spiro atoms. The summed E-state index contributed by atoms with van der Waals surface area (Å²) < 4.78 is 123. The van der Waals surface area contributed by atoms with Crippen LogP contribution in [0.2, 0.25) is 0 Å². The monoisotopic (exact) mass is 788 g/mol. The first-order valence-electron chi connectivity index (χ1n) is 14.1. The van der Waals surface area contributed by atoms with Crippen molar-refractivity contribution in [3.63, 3.8) is 0 Å². The smallest absolute Gasteiger partial charge is 0.390 e. The van der Waals surface area contributed by atoms with Crippen LogP contribution in [0.5, 0.6) is 0 Å². The summed E-state index contributed by atoms with van der Waals surface area (Å²) in [5.41, 5.74) is 0. The molecule has 0 aromatic carbocycles. The van der Waals surface area contributed by atoms with Gasteiger partial charge in [0.25, 0.3) is 0 Å². The predicted molar refractivity (Wildman–Crippen MR) is 155 cm³/mol. The standard InChI is InChI=1S/C19H39BFO21P5/c1-3-43(23,24)41-47(31,32)42-46(29,30)35-10-18-15(6-19(20)38-18)40-45(27,28)34-9-17-14(5-12(7-21)37-17)39-44(25,26)33-8-16-13(22)4-11(2)36-16/h11-19,22H,3-10,20H2,1-2H3,(H,23,24)(H,25,26)(H,27,28)(H,29,30)(H,31,32)/t11-,12+,13-,14-,15-,16+,17+,18+,19+/m0/s1. The van der Waals surface area contributed by atoms with Gasteiger partial charge in [-0.05, 0) is 13.3 Å². The number of halogens is 1. The summed E-state index contributed by atoms with van der Waals surface area (Å²) in [5.74, 6) is 0. The molecule has 3 aliphatic heterocycles. The zero-order valence-electron chi connectivity index (χ0n) is 25.3. The van der Waals surface area contributed by atoms with Gasteiger partial charge in [0.15, 0.2) is 0 Å². The van der Waals surface area contributed by atoms with Gasteiger partial charge >= 0.3 is 38.9 Å². The van der Waals surface area contributed by atoms with Crippen LogP contribution in [0, 0.1) is 0 Å². The summed E-state index contributed by atoms with van der Waals surface area (Å²) in [6.07, 6.45) is -9.33. The Morgan fingerprint density at radius 1 is 0.723 bits per heavy atom. The zero-order valence-corrected chi connectivity index (χ0v) is 29.7. The molecule has 3 aliphatic rings. The van der Waals surface area contributed by atoms with Crippen LogP contribution in [0.1, 0.15) is 33.1 Å². The lowest BCUT2D eigenvalue weighted by Gasteiger charge is -2.25. The molecule has 28 heteroatoms. The Labute approximate surface area is 269 Å². The van der Waals surface area contributed by atoms with E-state index in [0.717, 1.165) is 6.92 Å². The maximum Gasteiger partial charge on any atom is 0.488 e. The van der Waals surface area contributed by atoms with Gasteiger partial charge < -0.3 is 43.8 Å². The quantitative estimate of drug-likeness (QED) is 0.0781. The lowest BCUT2D eigenvalue weighted by Crippen LogP contribution is -2.31. The largest absolute Gasteiger partial charge is 0.488 e. The van der Waals surface area contributed by atoms with Crippen LogP contribution < -0.4 is 0 Å². The van der Waals surface area contributed by atoms with Crippen LogP contribution in [-0.4, -0.2) is 125 Å². The van der Waals surface area contributed by atoms with Crippen molar-refractivity contribution in [2.75, 3.05) is 32.7 Å². The Morgan fingerprint density at radius 3 is 1.74 bits per heavy atom. The number of alkyl halides is 1. The molecule has 3 heterocycles. The zero-order chi connectivity index (χ0) is 35.4. The number of phosphoric acid groups is 4. The number of hydrogen-bond donors (Lipinski definition) is 6. The summed E-state index contributed by atoms with van der Waals surface area (Å²) >= 11 is 0. The van der Waals surface area contributed by atoms with Crippen LogP contribution in [0.25, 0.3) is 0 Å². The highest BCUT2D eigenvalue weighted by Crippen LogP contribution is 2.67. The molecule has 14 atom stereocenters. The van der Waals surface area contributed by atoms with E-state index in [1.807, 2.05) is 0 Å². The van der Waals surface area contributed by atoms with Gasteiger partial charge in [0.05, 0.1) is 44.2 Å². The molecule has 0 bridgehead atoms. The molecular formula is C19H39BFO21P5. The maximum absolute atomic E-state index is 13.4. The maximum atomic E-state index is 13.4. The third-order valence-corrected chi connectivity index (χ3v) is 13.6. The minimum Gasteiger partial charge on any atom is -0.390 e. The Morgan fingerprint density at radius 2 is 1.23 bits per heavy atom. The van der Waals surface area contributed by atoms with Gasteiger partial charge in [0, 0.05) is 25.0 Å². The van der Waals surface area contributed by atoms with Crippen molar-refractivity contribution in [2.24, 2.45) is 0 Å². The third-order valence-electron chi connectivity index (χ3n) is 6.82. The highest BCUT2D eigenvalue weighted by molar-refractivity contribution is 7.68. The molecule has 0 aliphatic carbocycles. The highest BCUT2D eigenvalue weighted by atomic mass is 31.3. The van der Waals surface area contributed by atoms with Crippen molar-refractivity contribution in [3.05, 3.63) is 0 Å².